The summed E-state index contributed by atoms with van der Waals surface area (Å²) in [7, 11) is -4.80. The number of benzene rings is 1. The Hall–Kier alpha value is -2.06. The number of rotatable bonds is 3. The topological polar surface area (TPSA) is 70.5 Å². The van der Waals surface area contributed by atoms with Crippen LogP contribution in [0.25, 0.3) is 0 Å². The molecule has 0 amide bonds. The summed E-state index contributed by atoms with van der Waals surface area (Å²) in [5.74, 6) is -2.00. The molecule has 5 nitrogen and oxygen atoms in total. The van der Waals surface area contributed by atoms with Crippen molar-refractivity contribution in [3.63, 3.8) is 0 Å². The van der Waals surface area contributed by atoms with Gasteiger partial charge in [-0.2, -0.15) is 8.42 Å². The van der Waals surface area contributed by atoms with Gasteiger partial charge in [-0.15, -0.1) is 0 Å². The molecule has 8 heteroatoms. The Balaban J connectivity index is 2.63. The quantitative estimate of drug-likeness (QED) is 0.877. The van der Waals surface area contributed by atoms with Crippen LogP contribution in [0.1, 0.15) is 0 Å². The molecule has 0 saturated carbocycles. The van der Waals surface area contributed by atoms with Gasteiger partial charge in [-0.05, 0) is 18.2 Å². The fourth-order valence-corrected chi connectivity index (χ4v) is 2.23. The van der Waals surface area contributed by atoms with E-state index in [4.69, 9.17) is 0 Å². The molecule has 2 aromatic rings. The summed E-state index contributed by atoms with van der Waals surface area (Å²) in [6.45, 7) is 0. The van der Waals surface area contributed by atoms with E-state index in [2.05, 4.69) is 11.1 Å². The zero-order valence-corrected chi connectivity index (χ0v) is 10.1. The molecule has 2 rings (SSSR count). The summed E-state index contributed by atoms with van der Waals surface area (Å²) in [5.41, 5.74) is -0.652. The molecule has 1 aromatic carbocycles. The maximum Gasteiger partial charge on any atom is 0.364 e. The van der Waals surface area contributed by atoms with E-state index >= 15 is 0 Å². The van der Waals surface area contributed by atoms with E-state index in [1.54, 1.807) is 0 Å². The van der Waals surface area contributed by atoms with Gasteiger partial charge in [0.2, 0.25) is 0 Å². The Morgan fingerprint density at radius 2 is 2.05 bits per heavy atom. The van der Waals surface area contributed by atoms with Crippen LogP contribution < -0.4 is 4.31 Å². The first-order valence-electron chi connectivity index (χ1n) is 4.93. The molecule has 19 heavy (non-hydrogen) atoms. The Morgan fingerprint density at radius 3 is 2.58 bits per heavy atom. The van der Waals surface area contributed by atoms with Gasteiger partial charge in [0.25, 0.3) is 0 Å². The second kappa shape index (κ2) is 4.90. The van der Waals surface area contributed by atoms with Crippen molar-refractivity contribution in [2.45, 2.75) is 0 Å². The van der Waals surface area contributed by atoms with Crippen molar-refractivity contribution >= 4 is 21.7 Å². The summed E-state index contributed by atoms with van der Waals surface area (Å²) in [4.78, 5) is 3.62. The summed E-state index contributed by atoms with van der Waals surface area (Å²) in [5, 5.41) is 0. The van der Waals surface area contributed by atoms with Crippen LogP contribution in [0.2, 0.25) is 0 Å². The number of halogens is 2. The molecule has 1 aromatic heterocycles. The van der Waals surface area contributed by atoms with E-state index in [0.29, 0.717) is 10.4 Å². The highest BCUT2D eigenvalue weighted by Crippen LogP contribution is 2.29. The zero-order chi connectivity index (χ0) is 14.0. The van der Waals surface area contributed by atoms with Crippen molar-refractivity contribution < 1.29 is 21.8 Å². The standard InChI is InChI=1S/C11H7F2N2O3S/c12-8-3-4-11(10(13)6-8)15(19(16,17)18)9-2-1-5-14-7-9/h2-7H,(H,16,17,18). The van der Waals surface area contributed by atoms with E-state index in [1.165, 1.54) is 12.3 Å². The molecule has 1 N–H and O–H groups in total. The van der Waals surface area contributed by atoms with E-state index in [1.807, 2.05) is 0 Å². The third-order valence-corrected chi connectivity index (χ3v) is 3.05. The first kappa shape index (κ1) is 13.4. The smallest absolute Gasteiger partial charge is 0.269 e. The average molecular weight is 285 g/mol. The van der Waals surface area contributed by atoms with Gasteiger partial charge in [0.05, 0.1) is 17.6 Å². The second-order valence-electron chi connectivity index (χ2n) is 3.48. The second-order valence-corrected chi connectivity index (χ2v) is 4.74. The SMILES string of the molecule is O=S(=O)(O)N(c1c[c]cnc1)c1ccc(F)cc1F. The van der Waals surface area contributed by atoms with Crippen molar-refractivity contribution in [3.05, 3.63) is 54.4 Å². The maximum atomic E-state index is 13.6. The molecule has 1 heterocycles. The molecule has 99 valence electrons. The molecule has 0 aliphatic carbocycles. The number of aromatic nitrogens is 1. The molecular formula is C11H7F2N2O3S. The number of hydrogen-bond acceptors (Lipinski definition) is 3. The molecule has 0 bridgehead atoms. The molecule has 0 aliphatic rings. The largest absolute Gasteiger partial charge is 0.364 e. The lowest BCUT2D eigenvalue weighted by atomic mass is 10.3. The molecular weight excluding hydrogens is 278 g/mol. The molecule has 1 radical (unpaired) electrons. The Bertz CT molecular complexity index is 692. The number of anilines is 2. The van der Waals surface area contributed by atoms with Crippen molar-refractivity contribution in [1.29, 1.82) is 0 Å². The summed E-state index contributed by atoms with van der Waals surface area (Å²) < 4.78 is 58.6. The van der Waals surface area contributed by atoms with Crippen LogP contribution in [-0.2, 0) is 10.3 Å². The van der Waals surface area contributed by atoms with Gasteiger partial charge in [0.15, 0.2) is 5.82 Å². The van der Waals surface area contributed by atoms with Crippen molar-refractivity contribution in [3.8, 4) is 0 Å². The van der Waals surface area contributed by atoms with Crippen LogP contribution in [0, 0.1) is 17.7 Å². The van der Waals surface area contributed by atoms with Gasteiger partial charge in [-0.1, -0.05) is 0 Å². The first-order valence-corrected chi connectivity index (χ1v) is 6.33. The van der Waals surface area contributed by atoms with Crippen LogP contribution in [-0.4, -0.2) is 18.0 Å². The van der Waals surface area contributed by atoms with Crippen molar-refractivity contribution in [1.82, 2.24) is 4.98 Å². The summed E-state index contributed by atoms with van der Waals surface area (Å²) in [6, 6.07) is 5.95. The lowest BCUT2D eigenvalue weighted by Crippen LogP contribution is -2.26. The maximum absolute atomic E-state index is 13.6. The molecule has 0 fully saturated rings. The average Bonchev–Trinajstić information content (AvgIpc) is 2.32. The molecule has 0 spiro atoms. The molecule has 0 unspecified atom stereocenters. The van der Waals surface area contributed by atoms with E-state index in [-0.39, 0.29) is 5.69 Å². The fraction of sp³-hybridized carbons (Fsp3) is 0. The normalized spacial score (nSPS) is 11.3. The molecule has 0 aliphatic heterocycles. The van der Waals surface area contributed by atoms with Crippen molar-refractivity contribution in [2.75, 3.05) is 4.31 Å². The highest BCUT2D eigenvalue weighted by Gasteiger charge is 2.25. The number of hydrogen-bond donors (Lipinski definition) is 1. The van der Waals surface area contributed by atoms with Crippen LogP contribution in [0.3, 0.4) is 0 Å². The summed E-state index contributed by atoms with van der Waals surface area (Å²) >= 11 is 0. The number of nitrogens with zero attached hydrogens (tertiary/aromatic N) is 2. The van der Waals surface area contributed by atoms with Gasteiger partial charge in [-0.25, -0.2) is 13.1 Å². The highest BCUT2D eigenvalue weighted by atomic mass is 32.2. The van der Waals surface area contributed by atoms with E-state index in [0.717, 1.165) is 18.3 Å². The van der Waals surface area contributed by atoms with E-state index in [9.17, 15) is 21.8 Å². The van der Waals surface area contributed by atoms with Gasteiger partial charge in [0.1, 0.15) is 5.82 Å². The molecule has 0 saturated heterocycles. The fourth-order valence-electron chi connectivity index (χ4n) is 1.47. The Labute approximate surface area is 108 Å². The van der Waals surface area contributed by atoms with Gasteiger partial charge >= 0.3 is 10.3 Å². The lowest BCUT2D eigenvalue weighted by molar-refractivity contribution is 0.482. The third kappa shape index (κ3) is 2.85. The van der Waals surface area contributed by atoms with Crippen LogP contribution in [0.5, 0.6) is 0 Å². The minimum atomic E-state index is -4.80. The molecule has 0 atom stereocenters. The van der Waals surface area contributed by atoms with Crippen LogP contribution >= 0.6 is 0 Å². The van der Waals surface area contributed by atoms with Crippen LogP contribution in [0.4, 0.5) is 20.2 Å². The predicted molar refractivity (Wildman–Crippen MR) is 63.1 cm³/mol. The third-order valence-electron chi connectivity index (χ3n) is 2.18. The van der Waals surface area contributed by atoms with Crippen molar-refractivity contribution in [2.24, 2.45) is 0 Å². The highest BCUT2D eigenvalue weighted by molar-refractivity contribution is 7.87. The van der Waals surface area contributed by atoms with E-state index < -0.39 is 27.6 Å². The van der Waals surface area contributed by atoms with Gasteiger partial charge < -0.3 is 0 Å². The lowest BCUT2D eigenvalue weighted by Gasteiger charge is -2.20. The van der Waals surface area contributed by atoms with Crippen LogP contribution in [0.15, 0.2) is 36.7 Å². The summed E-state index contributed by atoms with van der Waals surface area (Å²) in [6.07, 6.45) is 2.35. The minimum Gasteiger partial charge on any atom is -0.269 e. The van der Waals surface area contributed by atoms with Gasteiger partial charge in [0, 0.05) is 18.3 Å². The van der Waals surface area contributed by atoms with Gasteiger partial charge in [-0.3, -0.25) is 9.54 Å². The minimum absolute atomic E-state index is 0.129. The Kier molecular flexibility index (Phi) is 3.45. The zero-order valence-electron chi connectivity index (χ0n) is 9.29. The number of pyridine rings is 1. The first-order chi connectivity index (χ1) is 8.89. The Morgan fingerprint density at radius 1 is 1.32 bits per heavy atom. The predicted octanol–water partition coefficient (Wildman–Crippen LogP) is 2.10. The monoisotopic (exact) mass is 285 g/mol.